The average Bonchev–Trinajstić information content (AvgIpc) is 2.36. The summed E-state index contributed by atoms with van der Waals surface area (Å²) in [5.74, 6) is 0. The van der Waals surface area contributed by atoms with Crippen molar-refractivity contribution >= 4 is 5.71 Å². The summed E-state index contributed by atoms with van der Waals surface area (Å²) in [6.07, 6.45) is 3.71. The summed E-state index contributed by atoms with van der Waals surface area (Å²) in [6.45, 7) is 1.94. The van der Waals surface area contributed by atoms with Crippen LogP contribution in [0.5, 0.6) is 0 Å². The van der Waals surface area contributed by atoms with Crippen LogP contribution in [-0.4, -0.2) is 22.5 Å². The summed E-state index contributed by atoms with van der Waals surface area (Å²) in [6, 6.07) is 0. The van der Waals surface area contributed by atoms with Gasteiger partial charge in [0.1, 0.15) is 0 Å². The molecule has 1 aromatic rings. The highest BCUT2D eigenvalue weighted by molar-refractivity contribution is 5.98. The zero-order valence-electron chi connectivity index (χ0n) is 7.00. The van der Waals surface area contributed by atoms with Crippen molar-refractivity contribution in [1.82, 2.24) is 15.2 Å². The Morgan fingerprint density at radius 1 is 1.73 bits per heavy atom. The number of aromatic nitrogens is 2. The van der Waals surface area contributed by atoms with Gasteiger partial charge in [0.05, 0.1) is 11.9 Å². The number of hydrogen-bond acceptors (Lipinski definition) is 3. The highest BCUT2D eigenvalue weighted by Gasteiger charge is 1.97. The Balaban J connectivity index is 2.84. The fourth-order valence-electron chi connectivity index (χ4n) is 0.840. The zero-order valence-corrected chi connectivity index (χ0v) is 7.00. The first-order valence-electron chi connectivity index (χ1n) is 3.44. The molecular formula is C7H12N4. The molecule has 0 aliphatic heterocycles. The third-order valence-electron chi connectivity index (χ3n) is 1.40. The lowest BCUT2D eigenvalue weighted by Crippen LogP contribution is -2.01. The van der Waals surface area contributed by atoms with Crippen LogP contribution in [0, 0.1) is 0 Å². The summed E-state index contributed by atoms with van der Waals surface area (Å²) in [5, 5.41) is 8.05. The van der Waals surface area contributed by atoms with Crippen molar-refractivity contribution in [2.75, 3.05) is 7.05 Å². The Morgan fingerprint density at radius 3 is 2.91 bits per heavy atom. The van der Waals surface area contributed by atoms with Crippen molar-refractivity contribution in [2.45, 2.75) is 6.92 Å². The van der Waals surface area contributed by atoms with Gasteiger partial charge in [0.15, 0.2) is 0 Å². The summed E-state index contributed by atoms with van der Waals surface area (Å²) >= 11 is 0. The van der Waals surface area contributed by atoms with Crippen LogP contribution in [0.25, 0.3) is 0 Å². The molecule has 4 nitrogen and oxygen atoms in total. The van der Waals surface area contributed by atoms with Crippen LogP contribution in [0.15, 0.2) is 17.5 Å². The molecule has 0 radical (unpaired) electrons. The van der Waals surface area contributed by atoms with E-state index in [1.807, 2.05) is 20.2 Å². The Morgan fingerprint density at radius 2 is 2.45 bits per heavy atom. The van der Waals surface area contributed by atoms with Crippen LogP contribution in [0.4, 0.5) is 0 Å². The Kier molecular flexibility index (Phi) is 2.25. The second-order valence-corrected chi connectivity index (χ2v) is 2.32. The number of nitrogens with zero attached hydrogens (tertiary/aromatic N) is 3. The SMILES string of the molecule is CN/N=C(\C)c1cnn(C)c1. The maximum absolute atomic E-state index is 4.03. The van der Waals surface area contributed by atoms with Gasteiger partial charge in [-0.2, -0.15) is 10.2 Å². The average molecular weight is 152 g/mol. The molecule has 0 saturated carbocycles. The van der Waals surface area contributed by atoms with E-state index in [0.717, 1.165) is 11.3 Å². The Labute approximate surface area is 65.9 Å². The highest BCUT2D eigenvalue weighted by Crippen LogP contribution is 1.97. The molecular weight excluding hydrogens is 140 g/mol. The second kappa shape index (κ2) is 3.18. The smallest absolute Gasteiger partial charge is 0.0675 e. The first-order chi connectivity index (χ1) is 5.24. The van der Waals surface area contributed by atoms with Crippen molar-refractivity contribution in [3.05, 3.63) is 18.0 Å². The number of hydrazone groups is 1. The predicted octanol–water partition coefficient (Wildman–Crippen LogP) is 0.363. The first-order valence-corrected chi connectivity index (χ1v) is 3.44. The van der Waals surface area contributed by atoms with E-state index in [1.165, 1.54) is 0 Å². The third-order valence-corrected chi connectivity index (χ3v) is 1.40. The van der Waals surface area contributed by atoms with Gasteiger partial charge in [-0.15, -0.1) is 0 Å². The number of hydrogen-bond donors (Lipinski definition) is 1. The van der Waals surface area contributed by atoms with Gasteiger partial charge in [0.2, 0.25) is 0 Å². The Hall–Kier alpha value is -1.32. The molecule has 0 aliphatic rings. The van der Waals surface area contributed by atoms with Crippen molar-refractivity contribution in [1.29, 1.82) is 0 Å². The predicted molar refractivity (Wildman–Crippen MR) is 44.5 cm³/mol. The van der Waals surface area contributed by atoms with Crippen LogP contribution < -0.4 is 5.43 Å². The summed E-state index contributed by atoms with van der Waals surface area (Å²) in [5.41, 5.74) is 4.71. The van der Waals surface area contributed by atoms with Crippen molar-refractivity contribution in [2.24, 2.45) is 12.1 Å². The molecule has 1 N–H and O–H groups in total. The lowest BCUT2D eigenvalue weighted by molar-refractivity contribution is 0.767. The molecule has 0 bridgehead atoms. The molecule has 0 aliphatic carbocycles. The molecule has 0 atom stereocenters. The molecule has 4 heteroatoms. The van der Waals surface area contributed by atoms with Gasteiger partial charge in [-0.1, -0.05) is 0 Å². The first kappa shape index (κ1) is 7.78. The van der Waals surface area contributed by atoms with E-state index < -0.39 is 0 Å². The molecule has 11 heavy (non-hydrogen) atoms. The van der Waals surface area contributed by atoms with Gasteiger partial charge in [-0.05, 0) is 6.92 Å². The van der Waals surface area contributed by atoms with Crippen LogP contribution in [0.2, 0.25) is 0 Å². The maximum atomic E-state index is 4.03. The minimum Gasteiger partial charge on any atom is -0.313 e. The summed E-state index contributed by atoms with van der Waals surface area (Å²) in [4.78, 5) is 0. The molecule has 1 rings (SSSR count). The van der Waals surface area contributed by atoms with Crippen molar-refractivity contribution in [3.8, 4) is 0 Å². The van der Waals surface area contributed by atoms with E-state index in [-0.39, 0.29) is 0 Å². The third kappa shape index (κ3) is 1.80. The van der Waals surface area contributed by atoms with Crippen LogP contribution in [0.1, 0.15) is 12.5 Å². The minimum atomic E-state index is 0.945. The lowest BCUT2D eigenvalue weighted by atomic mass is 10.2. The Bertz CT molecular complexity index is 261. The van der Waals surface area contributed by atoms with Crippen LogP contribution in [-0.2, 0) is 7.05 Å². The topological polar surface area (TPSA) is 42.2 Å². The number of rotatable bonds is 2. The van der Waals surface area contributed by atoms with Crippen LogP contribution in [0.3, 0.4) is 0 Å². The molecule has 0 aromatic carbocycles. The molecule has 0 saturated heterocycles. The van der Waals surface area contributed by atoms with Gasteiger partial charge in [-0.25, -0.2) is 0 Å². The van der Waals surface area contributed by atoms with Crippen molar-refractivity contribution < 1.29 is 0 Å². The normalized spacial score (nSPS) is 11.7. The van der Waals surface area contributed by atoms with E-state index in [2.05, 4.69) is 15.6 Å². The fraction of sp³-hybridized carbons (Fsp3) is 0.429. The second-order valence-electron chi connectivity index (χ2n) is 2.32. The standard InChI is InChI=1S/C7H12N4/c1-6(10-8-2)7-4-9-11(3)5-7/h4-5,8H,1-3H3/b10-6+. The summed E-state index contributed by atoms with van der Waals surface area (Å²) in [7, 11) is 3.66. The lowest BCUT2D eigenvalue weighted by Gasteiger charge is -1.93. The number of nitrogens with one attached hydrogen (secondary N) is 1. The van der Waals surface area contributed by atoms with E-state index in [0.29, 0.717) is 0 Å². The molecule has 0 unspecified atom stereocenters. The van der Waals surface area contributed by atoms with Gasteiger partial charge in [0, 0.05) is 25.9 Å². The monoisotopic (exact) mass is 152 g/mol. The maximum Gasteiger partial charge on any atom is 0.0675 e. The van der Waals surface area contributed by atoms with E-state index in [4.69, 9.17) is 0 Å². The summed E-state index contributed by atoms with van der Waals surface area (Å²) < 4.78 is 1.75. The quantitative estimate of drug-likeness (QED) is 0.491. The largest absolute Gasteiger partial charge is 0.313 e. The van der Waals surface area contributed by atoms with Crippen molar-refractivity contribution in [3.63, 3.8) is 0 Å². The number of aryl methyl sites for hydroxylation is 1. The van der Waals surface area contributed by atoms with E-state index in [9.17, 15) is 0 Å². The van der Waals surface area contributed by atoms with Gasteiger partial charge >= 0.3 is 0 Å². The molecule has 1 aromatic heterocycles. The van der Waals surface area contributed by atoms with Gasteiger partial charge in [0.25, 0.3) is 0 Å². The molecule has 60 valence electrons. The zero-order chi connectivity index (χ0) is 8.27. The van der Waals surface area contributed by atoms with Crippen LogP contribution >= 0.6 is 0 Å². The van der Waals surface area contributed by atoms with E-state index >= 15 is 0 Å². The molecule has 0 fully saturated rings. The minimum absolute atomic E-state index is 0.945. The fourth-order valence-corrected chi connectivity index (χ4v) is 0.840. The molecule has 0 amide bonds. The molecule has 0 spiro atoms. The van der Waals surface area contributed by atoms with Gasteiger partial charge in [-0.3, -0.25) is 4.68 Å². The highest BCUT2D eigenvalue weighted by atomic mass is 15.3. The van der Waals surface area contributed by atoms with E-state index in [1.54, 1.807) is 17.9 Å². The molecule has 1 heterocycles. The van der Waals surface area contributed by atoms with Gasteiger partial charge < -0.3 is 5.43 Å².